The fourth-order valence-electron chi connectivity index (χ4n) is 1.88. The molecule has 1 atom stereocenters. The Morgan fingerprint density at radius 3 is 3.06 bits per heavy atom. The van der Waals surface area contributed by atoms with Gasteiger partial charge in [0.15, 0.2) is 0 Å². The molecule has 0 spiro atoms. The van der Waals surface area contributed by atoms with Crippen LogP contribution in [0.3, 0.4) is 0 Å². The minimum absolute atomic E-state index is 0.173. The summed E-state index contributed by atoms with van der Waals surface area (Å²) in [6, 6.07) is 8.30. The van der Waals surface area contributed by atoms with E-state index in [1.807, 2.05) is 12.1 Å². The normalized spacial score (nSPS) is 20.5. The molecule has 1 N–H and O–H groups in total. The second kappa shape index (κ2) is 6.03. The van der Waals surface area contributed by atoms with Gasteiger partial charge in [0.1, 0.15) is 18.5 Å². The summed E-state index contributed by atoms with van der Waals surface area (Å²) in [5, 5.41) is 3.30. The number of hydrogen-bond donors (Lipinski definition) is 1. The van der Waals surface area contributed by atoms with Crippen molar-refractivity contribution in [3.63, 3.8) is 0 Å². The first-order chi connectivity index (χ1) is 8.25. The highest BCUT2D eigenvalue weighted by Crippen LogP contribution is 2.20. The van der Waals surface area contributed by atoms with Crippen LogP contribution in [0.25, 0.3) is 0 Å². The Balaban J connectivity index is 1.87. The van der Waals surface area contributed by atoms with Gasteiger partial charge >= 0.3 is 0 Å². The Kier molecular flexibility index (Phi) is 4.40. The van der Waals surface area contributed by atoms with Gasteiger partial charge < -0.3 is 14.8 Å². The van der Waals surface area contributed by atoms with E-state index in [1.165, 1.54) is 5.56 Å². The lowest BCUT2D eigenvalue weighted by molar-refractivity contribution is 0.000179. The molecule has 0 bridgehead atoms. The molecular weight excluding hydrogens is 214 g/mol. The molecule has 0 radical (unpaired) electrons. The smallest absolute Gasteiger partial charge is 0.119 e. The number of morpholine rings is 1. The summed E-state index contributed by atoms with van der Waals surface area (Å²) < 4.78 is 11.4. The minimum Gasteiger partial charge on any atom is -0.491 e. The van der Waals surface area contributed by atoms with Crippen molar-refractivity contribution >= 4 is 0 Å². The molecule has 0 aliphatic carbocycles. The molecule has 1 saturated heterocycles. The largest absolute Gasteiger partial charge is 0.491 e. The molecule has 2 rings (SSSR count). The molecule has 0 aromatic heterocycles. The van der Waals surface area contributed by atoms with Crippen molar-refractivity contribution in [2.45, 2.75) is 25.9 Å². The van der Waals surface area contributed by atoms with E-state index in [0.29, 0.717) is 12.5 Å². The first-order valence-corrected chi connectivity index (χ1v) is 6.31. The summed E-state index contributed by atoms with van der Waals surface area (Å²) in [4.78, 5) is 0. The molecule has 1 heterocycles. The Hall–Kier alpha value is -1.06. The highest BCUT2D eigenvalue weighted by atomic mass is 16.5. The molecule has 1 fully saturated rings. The number of rotatable bonds is 4. The van der Waals surface area contributed by atoms with Crippen LogP contribution < -0.4 is 10.1 Å². The molecular formula is C14H21NO2. The van der Waals surface area contributed by atoms with E-state index >= 15 is 0 Å². The van der Waals surface area contributed by atoms with Crippen molar-refractivity contribution in [1.29, 1.82) is 0 Å². The van der Waals surface area contributed by atoms with Gasteiger partial charge in [-0.1, -0.05) is 26.0 Å². The Bertz CT molecular complexity index is 346. The summed E-state index contributed by atoms with van der Waals surface area (Å²) in [5.41, 5.74) is 1.31. The van der Waals surface area contributed by atoms with Crippen molar-refractivity contribution in [3.8, 4) is 5.75 Å². The third kappa shape index (κ3) is 3.72. The molecule has 94 valence electrons. The molecule has 1 aliphatic heterocycles. The van der Waals surface area contributed by atoms with Gasteiger partial charge in [-0.3, -0.25) is 0 Å². The van der Waals surface area contributed by atoms with Gasteiger partial charge in [-0.05, 0) is 23.6 Å². The van der Waals surface area contributed by atoms with Crippen LogP contribution in [-0.4, -0.2) is 32.4 Å². The maximum absolute atomic E-state index is 5.77. The van der Waals surface area contributed by atoms with Crippen molar-refractivity contribution in [2.75, 3.05) is 26.3 Å². The van der Waals surface area contributed by atoms with Crippen LogP contribution >= 0.6 is 0 Å². The second-order valence-electron chi connectivity index (χ2n) is 4.74. The van der Waals surface area contributed by atoms with E-state index in [9.17, 15) is 0 Å². The second-order valence-corrected chi connectivity index (χ2v) is 4.74. The maximum atomic E-state index is 5.77. The van der Waals surface area contributed by atoms with E-state index in [0.717, 1.165) is 25.4 Å². The van der Waals surface area contributed by atoms with Crippen molar-refractivity contribution in [3.05, 3.63) is 29.8 Å². The van der Waals surface area contributed by atoms with Gasteiger partial charge in [0.25, 0.3) is 0 Å². The van der Waals surface area contributed by atoms with E-state index in [2.05, 4.69) is 31.3 Å². The number of ether oxygens (including phenoxy) is 2. The average molecular weight is 235 g/mol. The molecule has 1 aromatic carbocycles. The molecule has 17 heavy (non-hydrogen) atoms. The lowest BCUT2D eigenvalue weighted by Gasteiger charge is -2.23. The summed E-state index contributed by atoms with van der Waals surface area (Å²) in [5.74, 6) is 1.47. The zero-order chi connectivity index (χ0) is 12.1. The number of hydrogen-bond acceptors (Lipinski definition) is 3. The highest BCUT2D eigenvalue weighted by molar-refractivity contribution is 5.30. The van der Waals surface area contributed by atoms with Crippen LogP contribution in [0, 0.1) is 0 Å². The maximum Gasteiger partial charge on any atom is 0.119 e. The first kappa shape index (κ1) is 12.4. The topological polar surface area (TPSA) is 30.5 Å². The molecule has 1 aliphatic rings. The van der Waals surface area contributed by atoms with E-state index in [4.69, 9.17) is 9.47 Å². The van der Waals surface area contributed by atoms with Gasteiger partial charge in [-0.2, -0.15) is 0 Å². The third-order valence-corrected chi connectivity index (χ3v) is 2.97. The lowest BCUT2D eigenvalue weighted by Crippen LogP contribution is -2.41. The molecule has 3 nitrogen and oxygen atoms in total. The molecule has 0 amide bonds. The summed E-state index contributed by atoms with van der Waals surface area (Å²) in [6.45, 7) is 7.60. The average Bonchev–Trinajstić information content (AvgIpc) is 2.38. The van der Waals surface area contributed by atoms with E-state index < -0.39 is 0 Å². The standard InChI is InChI=1S/C14H21NO2/c1-11(2)12-4-3-5-13(8-12)17-10-14-9-15-6-7-16-14/h3-5,8,11,14-15H,6-7,9-10H2,1-2H3. The predicted molar refractivity (Wildman–Crippen MR) is 68.6 cm³/mol. The summed E-state index contributed by atoms with van der Waals surface area (Å²) in [7, 11) is 0. The van der Waals surface area contributed by atoms with Crippen LogP contribution in [0.1, 0.15) is 25.3 Å². The van der Waals surface area contributed by atoms with Crippen molar-refractivity contribution in [1.82, 2.24) is 5.32 Å². The van der Waals surface area contributed by atoms with E-state index in [1.54, 1.807) is 0 Å². The SMILES string of the molecule is CC(C)c1cccc(OCC2CNCCO2)c1. The summed E-state index contributed by atoms with van der Waals surface area (Å²) in [6.07, 6.45) is 0.173. The highest BCUT2D eigenvalue weighted by Gasteiger charge is 2.13. The van der Waals surface area contributed by atoms with Crippen LogP contribution in [-0.2, 0) is 4.74 Å². The fourth-order valence-corrected chi connectivity index (χ4v) is 1.88. The molecule has 1 aromatic rings. The number of nitrogens with one attached hydrogen (secondary N) is 1. The lowest BCUT2D eigenvalue weighted by atomic mass is 10.0. The van der Waals surface area contributed by atoms with Gasteiger partial charge in [0.05, 0.1) is 6.61 Å². The molecule has 0 saturated carbocycles. The fraction of sp³-hybridized carbons (Fsp3) is 0.571. The Morgan fingerprint density at radius 1 is 1.47 bits per heavy atom. The van der Waals surface area contributed by atoms with Crippen molar-refractivity contribution < 1.29 is 9.47 Å². The Labute approximate surface area is 103 Å². The van der Waals surface area contributed by atoms with Crippen LogP contribution in [0.15, 0.2) is 24.3 Å². The van der Waals surface area contributed by atoms with Crippen LogP contribution in [0.5, 0.6) is 5.75 Å². The van der Waals surface area contributed by atoms with Gasteiger partial charge in [0, 0.05) is 13.1 Å². The predicted octanol–water partition coefficient (Wildman–Crippen LogP) is 2.18. The first-order valence-electron chi connectivity index (χ1n) is 6.31. The third-order valence-electron chi connectivity index (χ3n) is 2.97. The van der Waals surface area contributed by atoms with Crippen LogP contribution in [0.4, 0.5) is 0 Å². The zero-order valence-electron chi connectivity index (χ0n) is 10.6. The quantitative estimate of drug-likeness (QED) is 0.867. The Morgan fingerprint density at radius 2 is 2.35 bits per heavy atom. The van der Waals surface area contributed by atoms with Crippen LogP contribution in [0.2, 0.25) is 0 Å². The van der Waals surface area contributed by atoms with Gasteiger partial charge in [-0.15, -0.1) is 0 Å². The minimum atomic E-state index is 0.173. The van der Waals surface area contributed by atoms with Gasteiger partial charge in [-0.25, -0.2) is 0 Å². The van der Waals surface area contributed by atoms with E-state index in [-0.39, 0.29) is 6.10 Å². The number of benzene rings is 1. The molecule has 3 heteroatoms. The summed E-state index contributed by atoms with van der Waals surface area (Å²) >= 11 is 0. The van der Waals surface area contributed by atoms with Gasteiger partial charge in [0.2, 0.25) is 0 Å². The zero-order valence-corrected chi connectivity index (χ0v) is 10.6. The monoisotopic (exact) mass is 235 g/mol. The molecule has 1 unspecified atom stereocenters. The van der Waals surface area contributed by atoms with Crippen molar-refractivity contribution in [2.24, 2.45) is 0 Å².